The predicted molar refractivity (Wildman–Crippen MR) is 166 cm³/mol. The number of aliphatic carboxylic acids is 1. The number of hydrogen-bond acceptors (Lipinski definition) is 7. The molecule has 0 atom stereocenters. The van der Waals surface area contributed by atoms with Gasteiger partial charge in [-0.3, -0.25) is 14.4 Å². The Morgan fingerprint density at radius 3 is 1.31 bits per heavy atom. The molecule has 0 saturated carbocycles. The molecule has 0 aliphatic rings. The average molecular weight is 603 g/mol. The number of nitrogens with one attached hydrogen (secondary N) is 2. The molecule has 0 rings (SSSR count). The first-order valence-electron chi connectivity index (χ1n) is 16.6. The van der Waals surface area contributed by atoms with E-state index in [1.54, 1.807) is 0 Å². The fourth-order valence-corrected chi connectivity index (χ4v) is 4.45. The molecule has 42 heavy (non-hydrogen) atoms. The molecule has 10 heteroatoms. The largest absolute Gasteiger partial charge is 0.481 e. The summed E-state index contributed by atoms with van der Waals surface area (Å²) in [6, 6.07) is 0. The van der Waals surface area contributed by atoms with E-state index in [4.69, 9.17) is 24.1 Å². The van der Waals surface area contributed by atoms with Crippen LogP contribution in [0.1, 0.15) is 122 Å². The Hall–Kier alpha value is -1.75. The maximum absolute atomic E-state index is 11.9. The van der Waals surface area contributed by atoms with Crippen molar-refractivity contribution in [2.75, 3.05) is 65.9 Å². The SMILES string of the molecule is CCOCCOCCNC(=O)COCCOCCNC(=O)CCCCCCCCCCCCCCCCCCC(=O)O. The van der Waals surface area contributed by atoms with Crippen LogP contribution in [0.15, 0.2) is 0 Å². The zero-order valence-electron chi connectivity index (χ0n) is 26.6. The van der Waals surface area contributed by atoms with Crippen LogP contribution in [0.2, 0.25) is 0 Å². The molecule has 2 amide bonds. The van der Waals surface area contributed by atoms with Crippen molar-refractivity contribution in [2.45, 2.75) is 122 Å². The minimum atomic E-state index is -0.679. The summed E-state index contributed by atoms with van der Waals surface area (Å²) in [6.07, 6.45) is 20.2. The number of carbonyl (C=O) groups is 3. The van der Waals surface area contributed by atoms with Crippen LogP contribution in [0.25, 0.3) is 0 Å². The third-order valence-electron chi connectivity index (χ3n) is 6.86. The molecule has 0 aromatic heterocycles. The normalized spacial score (nSPS) is 11.1. The Kier molecular flexibility index (Phi) is 32.3. The molecule has 0 saturated heterocycles. The third-order valence-corrected chi connectivity index (χ3v) is 6.86. The molecule has 0 radical (unpaired) electrons. The van der Waals surface area contributed by atoms with Crippen LogP contribution < -0.4 is 10.6 Å². The molecule has 0 aliphatic heterocycles. The lowest BCUT2D eigenvalue weighted by molar-refractivity contribution is -0.137. The Morgan fingerprint density at radius 2 is 0.857 bits per heavy atom. The number of ether oxygens (including phenoxy) is 4. The van der Waals surface area contributed by atoms with Gasteiger partial charge in [-0.15, -0.1) is 0 Å². The van der Waals surface area contributed by atoms with Crippen molar-refractivity contribution in [1.29, 1.82) is 0 Å². The van der Waals surface area contributed by atoms with Gasteiger partial charge in [-0.2, -0.15) is 0 Å². The van der Waals surface area contributed by atoms with Crippen LogP contribution in [0.3, 0.4) is 0 Å². The van der Waals surface area contributed by atoms with E-state index < -0.39 is 5.97 Å². The first kappa shape index (κ1) is 40.2. The summed E-state index contributed by atoms with van der Waals surface area (Å²) in [5, 5.41) is 14.2. The van der Waals surface area contributed by atoms with Crippen molar-refractivity contribution in [1.82, 2.24) is 10.6 Å². The van der Waals surface area contributed by atoms with Gasteiger partial charge >= 0.3 is 5.97 Å². The highest BCUT2D eigenvalue weighted by Crippen LogP contribution is 2.14. The second-order valence-corrected chi connectivity index (χ2v) is 10.7. The quantitative estimate of drug-likeness (QED) is 0.0833. The molecule has 0 fully saturated rings. The summed E-state index contributed by atoms with van der Waals surface area (Å²) >= 11 is 0. The monoisotopic (exact) mass is 602 g/mol. The maximum Gasteiger partial charge on any atom is 0.303 e. The third kappa shape index (κ3) is 34.5. The summed E-state index contributed by atoms with van der Waals surface area (Å²) < 4.78 is 21.2. The minimum Gasteiger partial charge on any atom is -0.481 e. The smallest absolute Gasteiger partial charge is 0.303 e. The van der Waals surface area contributed by atoms with E-state index in [-0.39, 0.29) is 18.4 Å². The maximum atomic E-state index is 11.9. The number of unbranched alkanes of at least 4 members (excludes halogenated alkanes) is 15. The summed E-state index contributed by atoms with van der Waals surface area (Å²) in [7, 11) is 0. The van der Waals surface area contributed by atoms with Crippen LogP contribution in [0.4, 0.5) is 0 Å². The molecule has 0 bridgehead atoms. The number of carboxylic acid groups (broad SMARTS) is 1. The van der Waals surface area contributed by atoms with Gasteiger partial charge in [-0.05, 0) is 19.8 Å². The Morgan fingerprint density at radius 1 is 0.476 bits per heavy atom. The van der Waals surface area contributed by atoms with Crippen molar-refractivity contribution >= 4 is 17.8 Å². The molecule has 248 valence electrons. The topological polar surface area (TPSA) is 132 Å². The molecular formula is C32H62N2O8. The van der Waals surface area contributed by atoms with Crippen molar-refractivity contribution < 1.29 is 38.4 Å². The standard InChI is InChI=1S/C32H62N2O8/c1-2-39-25-26-40-24-22-34-31(36)29-42-28-27-41-23-21-33-30(35)19-17-15-13-11-9-7-5-3-4-6-8-10-12-14-16-18-20-32(37)38/h2-29H2,1H3,(H,33,35)(H,34,36)(H,37,38). The molecule has 10 nitrogen and oxygen atoms in total. The van der Waals surface area contributed by atoms with Gasteiger partial charge in [0.2, 0.25) is 11.8 Å². The lowest BCUT2D eigenvalue weighted by Crippen LogP contribution is -2.31. The van der Waals surface area contributed by atoms with Crippen LogP contribution in [0, 0.1) is 0 Å². The highest BCUT2D eigenvalue weighted by atomic mass is 16.5. The Balaban J connectivity index is 3.23. The van der Waals surface area contributed by atoms with Gasteiger partial charge in [-0.1, -0.05) is 89.9 Å². The van der Waals surface area contributed by atoms with Crippen molar-refractivity contribution in [3.05, 3.63) is 0 Å². The minimum absolute atomic E-state index is 0.0131. The molecule has 0 spiro atoms. The van der Waals surface area contributed by atoms with E-state index in [2.05, 4.69) is 10.6 Å². The van der Waals surface area contributed by atoms with Crippen LogP contribution >= 0.6 is 0 Å². The molecule has 0 unspecified atom stereocenters. The summed E-state index contributed by atoms with van der Waals surface area (Å²) in [5.41, 5.74) is 0. The van der Waals surface area contributed by atoms with Gasteiger partial charge in [-0.25, -0.2) is 0 Å². The van der Waals surface area contributed by atoms with E-state index in [0.29, 0.717) is 72.2 Å². The van der Waals surface area contributed by atoms with Gasteiger partial charge in [0.05, 0.1) is 39.6 Å². The lowest BCUT2D eigenvalue weighted by atomic mass is 10.0. The zero-order chi connectivity index (χ0) is 30.8. The second-order valence-electron chi connectivity index (χ2n) is 10.7. The van der Waals surface area contributed by atoms with Crippen molar-refractivity contribution in [2.24, 2.45) is 0 Å². The summed E-state index contributed by atoms with van der Waals surface area (Å²) in [6.45, 7) is 6.16. The van der Waals surface area contributed by atoms with E-state index in [0.717, 1.165) is 25.7 Å². The molecule has 3 N–H and O–H groups in total. The van der Waals surface area contributed by atoms with Crippen LogP contribution in [-0.2, 0) is 33.3 Å². The first-order chi connectivity index (χ1) is 20.6. The number of rotatable bonds is 34. The molecule has 0 aromatic rings. The fourth-order valence-electron chi connectivity index (χ4n) is 4.45. The van der Waals surface area contributed by atoms with Gasteiger partial charge in [0.25, 0.3) is 0 Å². The highest BCUT2D eigenvalue weighted by molar-refractivity contribution is 5.77. The van der Waals surface area contributed by atoms with E-state index in [1.165, 1.54) is 77.0 Å². The number of hydrogen-bond donors (Lipinski definition) is 3. The van der Waals surface area contributed by atoms with Gasteiger partial charge in [0, 0.05) is 32.5 Å². The zero-order valence-corrected chi connectivity index (χ0v) is 26.6. The Labute approximate surface area is 255 Å². The van der Waals surface area contributed by atoms with Gasteiger partial charge in [0.15, 0.2) is 0 Å². The summed E-state index contributed by atoms with van der Waals surface area (Å²) in [4.78, 5) is 34.1. The highest BCUT2D eigenvalue weighted by Gasteiger charge is 2.03. The van der Waals surface area contributed by atoms with E-state index >= 15 is 0 Å². The first-order valence-corrected chi connectivity index (χ1v) is 16.6. The number of amides is 2. The van der Waals surface area contributed by atoms with Crippen LogP contribution in [0.5, 0.6) is 0 Å². The number of carboxylic acids is 1. The molecule has 0 aliphatic carbocycles. The fraction of sp³-hybridized carbons (Fsp3) is 0.906. The number of carbonyl (C=O) groups excluding carboxylic acids is 2. The van der Waals surface area contributed by atoms with Gasteiger partial charge in [0.1, 0.15) is 6.61 Å². The Bertz CT molecular complexity index is 621. The second kappa shape index (κ2) is 33.7. The van der Waals surface area contributed by atoms with Gasteiger partial charge < -0.3 is 34.7 Å². The van der Waals surface area contributed by atoms with E-state index in [1.807, 2.05) is 6.92 Å². The predicted octanol–water partition coefficient (Wildman–Crippen LogP) is 5.41. The molecule has 0 heterocycles. The lowest BCUT2D eigenvalue weighted by Gasteiger charge is -2.08. The summed E-state index contributed by atoms with van der Waals surface area (Å²) in [5.74, 6) is -0.790. The molecular weight excluding hydrogens is 540 g/mol. The van der Waals surface area contributed by atoms with Crippen molar-refractivity contribution in [3.63, 3.8) is 0 Å². The average Bonchev–Trinajstić information content (AvgIpc) is 2.97. The van der Waals surface area contributed by atoms with Crippen LogP contribution in [-0.4, -0.2) is 88.8 Å². The van der Waals surface area contributed by atoms with Crippen molar-refractivity contribution in [3.8, 4) is 0 Å². The molecule has 0 aromatic carbocycles. The van der Waals surface area contributed by atoms with E-state index in [9.17, 15) is 14.4 Å².